The third-order valence-corrected chi connectivity index (χ3v) is 3.99. The summed E-state index contributed by atoms with van der Waals surface area (Å²) in [6, 6.07) is 0.910. The number of rotatable bonds is 7. The second-order valence-corrected chi connectivity index (χ2v) is 6.09. The highest BCUT2D eigenvalue weighted by Crippen LogP contribution is 2.46. The molecule has 2 aliphatic carbocycles. The minimum Gasteiger partial charge on any atom is -0.330 e. The number of hydrogen-bond acceptors (Lipinski definition) is 2. The van der Waals surface area contributed by atoms with E-state index >= 15 is 0 Å². The largest absolute Gasteiger partial charge is 0.330 e. The molecule has 0 radical (unpaired) electrons. The van der Waals surface area contributed by atoms with Crippen LogP contribution in [0.15, 0.2) is 0 Å². The van der Waals surface area contributed by atoms with Crippen molar-refractivity contribution in [2.45, 2.75) is 52.0 Å². The number of hydrogen-bond donors (Lipinski definition) is 1. The number of nitrogens with zero attached hydrogens (tertiary/aromatic N) is 1. The van der Waals surface area contributed by atoms with Gasteiger partial charge in [-0.1, -0.05) is 13.8 Å². The predicted molar refractivity (Wildman–Crippen MR) is 64.8 cm³/mol. The van der Waals surface area contributed by atoms with Crippen LogP contribution >= 0.6 is 0 Å². The Balaban J connectivity index is 1.78. The van der Waals surface area contributed by atoms with Gasteiger partial charge in [-0.25, -0.2) is 0 Å². The molecular formula is C13H26N2. The first kappa shape index (κ1) is 11.4. The Hall–Kier alpha value is -0.0800. The SMILES string of the molecule is CC(C)CCN(CC1(CN)CC1)C1CC1. The molecule has 0 bridgehead atoms. The van der Waals surface area contributed by atoms with Crippen molar-refractivity contribution in [2.24, 2.45) is 17.1 Å². The van der Waals surface area contributed by atoms with E-state index in [9.17, 15) is 0 Å². The first-order chi connectivity index (χ1) is 7.15. The fourth-order valence-corrected chi connectivity index (χ4v) is 2.29. The summed E-state index contributed by atoms with van der Waals surface area (Å²) in [5, 5.41) is 0. The summed E-state index contributed by atoms with van der Waals surface area (Å²) < 4.78 is 0. The van der Waals surface area contributed by atoms with Gasteiger partial charge in [0.05, 0.1) is 0 Å². The van der Waals surface area contributed by atoms with Gasteiger partial charge in [-0.3, -0.25) is 4.90 Å². The fourth-order valence-electron chi connectivity index (χ4n) is 2.29. The molecule has 2 heteroatoms. The number of nitrogens with two attached hydrogens (primary N) is 1. The van der Waals surface area contributed by atoms with Crippen molar-refractivity contribution in [1.82, 2.24) is 4.90 Å². The highest BCUT2D eigenvalue weighted by Gasteiger charge is 2.44. The molecule has 0 saturated heterocycles. The molecule has 15 heavy (non-hydrogen) atoms. The van der Waals surface area contributed by atoms with Crippen LogP contribution in [0.25, 0.3) is 0 Å². The average Bonchev–Trinajstić information content (AvgIpc) is 3.05. The zero-order valence-electron chi connectivity index (χ0n) is 10.3. The quantitative estimate of drug-likeness (QED) is 0.698. The third-order valence-electron chi connectivity index (χ3n) is 3.99. The molecule has 0 amide bonds. The Morgan fingerprint density at radius 2 is 2.00 bits per heavy atom. The monoisotopic (exact) mass is 210 g/mol. The predicted octanol–water partition coefficient (Wildman–Crippen LogP) is 2.24. The van der Waals surface area contributed by atoms with Crippen LogP contribution in [-0.2, 0) is 0 Å². The third kappa shape index (κ3) is 3.18. The Morgan fingerprint density at radius 3 is 2.40 bits per heavy atom. The summed E-state index contributed by atoms with van der Waals surface area (Å²) in [6.07, 6.45) is 6.94. The van der Waals surface area contributed by atoms with Gasteiger partial charge < -0.3 is 5.73 Å². The fraction of sp³-hybridized carbons (Fsp3) is 1.00. The van der Waals surface area contributed by atoms with E-state index in [4.69, 9.17) is 5.73 Å². The van der Waals surface area contributed by atoms with E-state index in [1.54, 1.807) is 0 Å². The Labute approximate surface area is 94.2 Å². The summed E-state index contributed by atoms with van der Waals surface area (Å²) in [5.41, 5.74) is 6.39. The van der Waals surface area contributed by atoms with Crippen LogP contribution in [0.1, 0.15) is 46.0 Å². The maximum absolute atomic E-state index is 5.87. The van der Waals surface area contributed by atoms with Gasteiger partial charge in [-0.05, 0) is 56.5 Å². The maximum atomic E-state index is 5.87. The van der Waals surface area contributed by atoms with Crippen LogP contribution < -0.4 is 5.73 Å². The van der Waals surface area contributed by atoms with Crippen LogP contribution in [0.5, 0.6) is 0 Å². The van der Waals surface area contributed by atoms with Gasteiger partial charge in [-0.2, -0.15) is 0 Å². The molecule has 0 aromatic rings. The summed E-state index contributed by atoms with van der Waals surface area (Å²) in [4.78, 5) is 2.72. The molecule has 88 valence electrons. The van der Waals surface area contributed by atoms with E-state index in [1.165, 1.54) is 45.2 Å². The Morgan fingerprint density at radius 1 is 1.33 bits per heavy atom. The van der Waals surface area contributed by atoms with Crippen molar-refractivity contribution >= 4 is 0 Å². The van der Waals surface area contributed by atoms with E-state index in [-0.39, 0.29) is 0 Å². The Bertz CT molecular complexity index is 205. The second-order valence-electron chi connectivity index (χ2n) is 6.09. The summed E-state index contributed by atoms with van der Waals surface area (Å²) in [5.74, 6) is 0.833. The molecule has 0 aromatic carbocycles. The van der Waals surface area contributed by atoms with Gasteiger partial charge in [0.2, 0.25) is 0 Å². The van der Waals surface area contributed by atoms with Crippen molar-refractivity contribution in [3.63, 3.8) is 0 Å². The second kappa shape index (κ2) is 4.42. The summed E-state index contributed by atoms with van der Waals surface area (Å²) in [7, 11) is 0. The highest BCUT2D eigenvalue weighted by molar-refractivity contribution is 4.99. The van der Waals surface area contributed by atoms with E-state index in [1.807, 2.05) is 0 Å². The normalized spacial score (nSPS) is 23.8. The van der Waals surface area contributed by atoms with Crippen molar-refractivity contribution in [3.05, 3.63) is 0 Å². The van der Waals surface area contributed by atoms with Crippen molar-refractivity contribution < 1.29 is 0 Å². The lowest BCUT2D eigenvalue weighted by Gasteiger charge is -2.27. The molecule has 0 aromatic heterocycles. The molecule has 2 saturated carbocycles. The lowest BCUT2D eigenvalue weighted by molar-refractivity contribution is 0.202. The summed E-state index contributed by atoms with van der Waals surface area (Å²) in [6.45, 7) is 8.12. The molecule has 2 nitrogen and oxygen atoms in total. The minimum absolute atomic E-state index is 0.527. The van der Waals surface area contributed by atoms with Crippen molar-refractivity contribution in [1.29, 1.82) is 0 Å². The average molecular weight is 210 g/mol. The smallest absolute Gasteiger partial charge is 0.00966 e. The van der Waals surface area contributed by atoms with E-state index in [2.05, 4.69) is 18.7 Å². The standard InChI is InChI=1S/C13H26N2/c1-11(2)5-8-15(12-3-4-12)10-13(9-14)6-7-13/h11-12H,3-10,14H2,1-2H3. The lowest BCUT2D eigenvalue weighted by Crippen LogP contribution is -2.36. The lowest BCUT2D eigenvalue weighted by atomic mass is 10.1. The van der Waals surface area contributed by atoms with Gasteiger partial charge in [-0.15, -0.1) is 0 Å². The van der Waals surface area contributed by atoms with Gasteiger partial charge in [0.1, 0.15) is 0 Å². The zero-order valence-corrected chi connectivity index (χ0v) is 10.3. The highest BCUT2D eigenvalue weighted by atomic mass is 15.2. The topological polar surface area (TPSA) is 29.3 Å². The van der Waals surface area contributed by atoms with Crippen molar-refractivity contribution in [2.75, 3.05) is 19.6 Å². The molecule has 0 unspecified atom stereocenters. The molecule has 0 heterocycles. The van der Waals surface area contributed by atoms with Gasteiger partial charge >= 0.3 is 0 Å². The first-order valence-corrected chi connectivity index (χ1v) is 6.59. The summed E-state index contributed by atoms with van der Waals surface area (Å²) >= 11 is 0. The van der Waals surface area contributed by atoms with Crippen molar-refractivity contribution in [3.8, 4) is 0 Å². The molecule has 2 fully saturated rings. The molecule has 2 N–H and O–H groups in total. The van der Waals surface area contributed by atoms with E-state index in [0.29, 0.717) is 5.41 Å². The van der Waals surface area contributed by atoms with Gasteiger partial charge in [0.25, 0.3) is 0 Å². The van der Waals surface area contributed by atoms with Crippen LogP contribution in [0.2, 0.25) is 0 Å². The van der Waals surface area contributed by atoms with Crippen LogP contribution in [-0.4, -0.2) is 30.6 Å². The molecule has 2 rings (SSSR count). The minimum atomic E-state index is 0.527. The zero-order chi connectivity index (χ0) is 10.9. The molecular weight excluding hydrogens is 184 g/mol. The molecule has 2 aliphatic rings. The molecule has 0 atom stereocenters. The molecule has 0 aliphatic heterocycles. The van der Waals surface area contributed by atoms with Gasteiger partial charge in [0.15, 0.2) is 0 Å². The van der Waals surface area contributed by atoms with Crippen LogP contribution in [0.3, 0.4) is 0 Å². The van der Waals surface area contributed by atoms with Crippen LogP contribution in [0, 0.1) is 11.3 Å². The maximum Gasteiger partial charge on any atom is 0.00966 e. The van der Waals surface area contributed by atoms with E-state index < -0.39 is 0 Å². The Kier molecular flexibility index (Phi) is 3.36. The first-order valence-electron chi connectivity index (χ1n) is 6.59. The van der Waals surface area contributed by atoms with Gasteiger partial charge in [0, 0.05) is 12.6 Å². The molecule has 0 spiro atoms. The van der Waals surface area contributed by atoms with Crippen LogP contribution in [0.4, 0.5) is 0 Å². The van der Waals surface area contributed by atoms with E-state index in [0.717, 1.165) is 18.5 Å².